The summed E-state index contributed by atoms with van der Waals surface area (Å²) >= 11 is 0. The summed E-state index contributed by atoms with van der Waals surface area (Å²) < 4.78 is 5.28. The zero-order valence-corrected chi connectivity index (χ0v) is 19.7. The molecule has 1 rings (SSSR count). The number of aromatic nitrogens is 1. The molecule has 1 aromatic rings. The highest BCUT2D eigenvalue weighted by Gasteiger charge is 2.15. The molecule has 0 saturated carbocycles. The number of nitrogens with one attached hydrogen (secondary N) is 1. The summed E-state index contributed by atoms with van der Waals surface area (Å²) in [4.78, 5) is 16.2. The van der Waals surface area contributed by atoms with Gasteiger partial charge in [0.2, 0.25) is 5.89 Å². The van der Waals surface area contributed by atoms with Gasteiger partial charge in [0.1, 0.15) is 6.26 Å². The molecule has 1 atom stereocenters. The lowest BCUT2D eigenvalue weighted by atomic mass is 10.0. The van der Waals surface area contributed by atoms with E-state index < -0.39 is 0 Å². The lowest BCUT2D eigenvalue weighted by Gasteiger charge is -2.04. The summed E-state index contributed by atoms with van der Waals surface area (Å²) in [5.41, 5.74) is 6.19. The van der Waals surface area contributed by atoms with Crippen molar-refractivity contribution in [2.24, 2.45) is 5.73 Å². The molecule has 3 N–H and O–H groups in total. The minimum atomic E-state index is -0.244. The van der Waals surface area contributed by atoms with Crippen LogP contribution < -0.4 is 11.1 Å². The number of hydrogen-bond donors (Lipinski definition) is 2. The van der Waals surface area contributed by atoms with Crippen LogP contribution in [0.3, 0.4) is 0 Å². The van der Waals surface area contributed by atoms with Crippen LogP contribution in [0.4, 0.5) is 0 Å². The van der Waals surface area contributed by atoms with Gasteiger partial charge in [0, 0.05) is 6.54 Å². The van der Waals surface area contributed by atoms with Gasteiger partial charge < -0.3 is 15.5 Å². The Morgan fingerprint density at radius 2 is 1.33 bits per heavy atom. The molecule has 1 amide bonds. The van der Waals surface area contributed by atoms with Gasteiger partial charge in [-0.05, 0) is 12.8 Å². The van der Waals surface area contributed by atoms with Gasteiger partial charge in [0.25, 0.3) is 5.91 Å². The first-order valence-electron chi connectivity index (χ1n) is 12.7. The van der Waals surface area contributed by atoms with Crippen molar-refractivity contribution >= 4 is 5.91 Å². The Morgan fingerprint density at radius 1 is 0.867 bits per heavy atom. The number of carbonyl (C=O) groups is 1. The number of nitrogens with two attached hydrogens (primary N) is 1. The zero-order valence-electron chi connectivity index (χ0n) is 19.7. The van der Waals surface area contributed by atoms with Gasteiger partial charge in [0.05, 0.1) is 6.04 Å². The molecule has 0 radical (unpaired) electrons. The van der Waals surface area contributed by atoms with Crippen LogP contribution in [0.2, 0.25) is 0 Å². The Labute approximate surface area is 185 Å². The summed E-state index contributed by atoms with van der Waals surface area (Å²) in [7, 11) is 0. The second-order valence-electron chi connectivity index (χ2n) is 8.64. The van der Waals surface area contributed by atoms with Gasteiger partial charge in [-0.25, -0.2) is 4.98 Å². The van der Waals surface area contributed by atoms with E-state index in [9.17, 15) is 4.79 Å². The molecule has 30 heavy (non-hydrogen) atoms. The molecule has 0 aromatic carbocycles. The quantitative estimate of drug-likeness (QED) is 0.220. The molecule has 1 heterocycles. The first-order chi connectivity index (χ1) is 14.7. The molecule has 1 unspecified atom stereocenters. The zero-order chi connectivity index (χ0) is 21.9. The van der Waals surface area contributed by atoms with Crippen LogP contribution in [-0.2, 0) is 0 Å². The fraction of sp³-hybridized carbons (Fsp3) is 0.840. The van der Waals surface area contributed by atoms with Gasteiger partial charge in [-0.3, -0.25) is 4.79 Å². The SMILES string of the molecule is CCCCCCCCCCCCCCCCCCNC(=O)c1coc(C(N)CC)n1. The predicted molar refractivity (Wildman–Crippen MR) is 126 cm³/mol. The minimum Gasteiger partial charge on any atom is -0.446 e. The summed E-state index contributed by atoms with van der Waals surface area (Å²) in [6.45, 7) is 4.94. The van der Waals surface area contributed by atoms with Crippen molar-refractivity contribution < 1.29 is 9.21 Å². The van der Waals surface area contributed by atoms with E-state index in [1.54, 1.807) is 0 Å². The molecule has 0 saturated heterocycles. The van der Waals surface area contributed by atoms with E-state index in [1.165, 1.54) is 103 Å². The molecule has 5 nitrogen and oxygen atoms in total. The number of unbranched alkanes of at least 4 members (excludes halogenated alkanes) is 15. The number of hydrogen-bond acceptors (Lipinski definition) is 4. The highest BCUT2D eigenvalue weighted by atomic mass is 16.3. The van der Waals surface area contributed by atoms with E-state index in [0.29, 0.717) is 18.1 Å². The Morgan fingerprint density at radius 3 is 1.80 bits per heavy atom. The topological polar surface area (TPSA) is 81.2 Å². The van der Waals surface area contributed by atoms with Crippen molar-refractivity contribution in [3.8, 4) is 0 Å². The standard InChI is InChI=1S/C25H47N3O2/c1-3-5-6-7-8-9-10-11-12-13-14-15-16-17-18-19-20-27-24(29)23-21-30-25(28-23)22(26)4-2/h21-22H,3-20,26H2,1-2H3,(H,27,29). The summed E-state index contributed by atoms with van der Waals surface area (Å²) in [6, 6.07) is -0.244. The number of rotatable bonds is 20. The average Bonchev–Trinajstić information content (AvgIpc) is 3.25. The number of oxazole rings is 1. The lowest BCUT2D eigenvalue weighted by molar-refractivity contribution is 0.0948. The maximum Gasteiger partial charge on any atom is 0.273 e. The fourth-order valence-electron chi connectivity index (χ4n) is 3.70. The normalized spacial score (nSPS) is 12.2. The third-order valence-electron chi connectivity index (χ3n) is 5.83. The van der Waals surface area contributed by atoms with Crippen LogP contribution in [0.15, 0.2) is 10.7 Å². The van der Waals surface area contributed by atoms with Crippen molar-refractivity contribution in [1.29, 1.82) is 0 Å². The second-order valence-corrected chi connectivity index (χ2v) is 8.64. The molecule has 1 aromatic heterocycles. The van der Waals surface area contributed by atoms with Gasteiger partial charge in [0.15, 0.2) is 5.69 Å². The van der Waals surface area contributed by atoms with Crippen molar-refractivity contribution in [3.05, 3.63) is 17.8 Å². The third kappa shape index (κ3) is 13.0. The van der Waals surface area contributed by atoms with Gasteiger partial charge in [-0.15, -0.1) is 0 Å². The molecule has 5 heteroatoms. The minimum absolute atomic E-state index is 0.172. The summed E-state index contributed by atoms with van der Waals surface area (Å²) in [5.74, 6) is 0.263. The first kappa shape index (κ1) is 26.7. The van der Waals surface area contributed by atoms with Gasteiger partial charge in [-0.2, -0.15) is 0 Å². The first-order valence-corrected chi connectivity index (χ1v) is 12.7. The Kier molecular flexibility index (Phi) is 16.4. The second kappa shape index (κ2) is 18.4. The van der Waals surface area contributed by atoms with E-state index in [2.05, 4.69) is 17.2 Å². The smallest absolute Gasteiger partial charge is 0.273 e. The van der Waals surface area contributed by atoms with E-state index in [4.69, 9.17) is 10.2 Å². The Bertz CT molecular complexity index is 530. The van der Waals surface area contributed by atoms with Crippen LogP contribution >= 0.6 is 0 Å². The molecular weight excluding hydrogens is 374 g/mol. The molecule has 174 valence electrons. The van der Waals surface area contributed by atoms with Crippen LogP contribution in [0.25, 0.3) is 0 Å². The largest absolute Gasteiger partial charge is 0.446 e. The van der Waals surface area contributed by atoms with Crippen LogP contribution in [0.5, 0.6) is 0 Å². The maximum absolute atomic E-state index is 12.1. The monoisotopic (exact) mass is 421 g/mol. The van der Waals surface area contributed by atoms with Crippen LogP contribution in [0.1, 0.15) is 145 Å². The van der Waals surface area contributed by atoms with Crippen molar-refractivity contribution in [2.75, 3.05) is 6.54 Å². The van der Waals surface area contributed by atoms with Crippen LogP contribution in [-0.4, -0.2) is 17.4 Å². The lowest BCUT2D eigenvalue weighted by Crippen LogP contribution is -2.25. The Balaban J connectivity index is 1.84. The fourth-order valence-corrected chi connectivity index (χ4v) is 3.70. The van der Waals surface area contributed by atoms with E-state index in [0.717, 1.165) is 12.8 Å². The highest BCUT2D eigenvalue weighted by Crippen LogP contribution is 2.14. The van der Waals surface area contributed by atoms with Crippen molar-refractivity contribution in [3.63, 3.8) is 0 Å². The number of nitrogens with zero attached hydrogens (tertiary/aromatic N) is 1. The molecule has 0 bridgehead atoms. The predicted octanol–water partition coefficient (Wildman–Crippen LogP) is 7.08. The number of carbonyl (C=O) groups excluding carboxylic acids is 1. The molecule has 0 aliphatic carbocycles. The van der Waals surface area contributed by atoms with Crippen molar-refractivity contribution in [2.45, 2.75) is 129 Å². The maximum atomic E-state index is 12.1. The molecule has 0 aliphatic rings. The average molecular weight is 422 g/mol. The third-order valence-corrected chi connectivity index (χ3v) is 5.83. The molecule has 0 spiro atoms. The van der Waals surface area contributed by atoms with E-state index >= 15 is 0 Å². The summed E-state index contributed by atoms with van der Waals surface area (Å²) in [5, 5.41) is 2.92. The Hall–Kier alpha value is -1.36. The molecule has 0 fully saturated rings. The van der Waals surface area contributed by atoms with Gasteiger partial charge in [-0.1, -0.05) is 110 Å². The molecule has 0 aliphatic heterocycles. The summed E-state index contributed by atoms with van der Waals surface area (Å²) in [6.07, 6.45) is 23.8. The van der Waals surface area contributed by atoms with E-state index in [-0.39, 0.29) is 11.9 Å². The molecular formula is C25H47N3O2. The number of amides is 1. The van der Waals surface area contributed by atoms with Crippen LogP contribution in [0, 0.1) is 0 Å². The van der Waals surface area contributed by atoms with Gasteiger partial charge >= 0.3 is 0 Å². The highest BCUT2D eigenvalue weighted by molar-refractivity contribution is 5.91. The van der Waals surface area contributed by atoms with E-state index in [1.807, 2.05) is 6.92 Å². The van der Waals surface area contributed by atoms with Crippen molar-refractivity contribution in [1.82, 2.24) is 10.3 Å².